The Kier molecular flexibility index (Phi) is 4.05. The van der Waals surface area contributed by atoms with E-state index in [4.69, 9.17) is 5.11 Å². The molecule has 0 aromatic rings. The van der Waals surface area contributed by atoms with Crippen molar-refractivity contribution < 1.29 is 5.11 Å². The van der Waals surface area contributed by atoms with Crippen molar-refractivity contribution in [2.24, 2.45) is 0 Å². The molecule has 0 aliphatic heterocycles. The Morgan fingerprint density at radius 3 is 2.30 bits per heavy atom. The van der Waals surface area contributed by atoms with E-state index in [2.05, 4.69) is 13.2 Å². The molecule has 1 unspecified atom stereocenters. The van der Waals surface area contributed by atoms with E-state index in [1.54, 1.807) is 6.92 Å². The highest BCUT2D eigenvalue weighted by molar-refractivity contribution is 5.22. The molecule has 0 saturated carbocycles. The number of hydrogen-bond acceptors (Lipinski definition) is 1. The van der Waals surface area contributed by atoms with Gasteiger partial charge in [-0.25, -0.2) is 0 Å². The predicted octanol–water partition coefficient (Wildman–Crippen LogP) is 2.28. The molecule has 0 radical (unpaired) electrons. The van der Waals surface area contributed by atoms with Crippen LogP contribution in [-0.4, -0.2) is 11.2 Å². The zero-order valence-corrected chi connectivity index (χ0v) is 6.85. The Morgan fingerprint density at radius 2 is 2.00 bits per heavy atom. The Balaban J connectivity index is 3.50. The summed E-state index contributed by atoms with van der Waals surface area (Å²) < 4.78 is 0. The van der Waals surface area contributed by atoms with E-state index in [1.807, 2.05) is 6.92 Å². The lowest BCUT2D eigenvalue weighted by molar-refractivity contribution is 0.185. The summed E-state index contributed by atoms with van der Waals surface area (Å²) in [6.07, 6.45) is 1.41. The van der Waals surface area contributed by atoms with Crippen LogP contribution >= 0.6 is 0 Å². The highest BCUT2D eigenvalue weighted by Crippen LogP contribution is 2.12. The summed E-state index contributed by atoms with van der Waals surface area (Å²) in [7, 11) is 0. The van der Waals surface area contributed by atoms with Gasteiger partial charge in [0.2, 0.25) is 0 Å². The molecule has 0 aliphatic rings. The van der Waals surface area contributed by atoms with Gasteiger partial charge in [0.15, 0.2) is 0 Å². The molecule has 10 heavy (non-hydrogen) atoms. The van der Waals surface area contributed by atoms with Crippen molar-refractivity contribution in [1.82, 2.24) is 0 Å². The normalized spacial score (nSPS) is 12.7. The molecule has 1 N–H and O–H groups in total. The molecule has 0 saturated heterocycles. The van der Waals surface area contributed by atoms with E-state index in [0.29, 0.717) is 0 Å². The molecule has 0 aliphatic carbocycles. The fraction of sp³-hybridized carbons (Fsp3) is 0.556. The van der Waals surface area contributed by atoms with Crippen LogP contribution in [0, 0.1) is 0 Å². The van der Waals surface area contributed by atoms with Crippen LogP contribution < -0.4 is 0 Å². The van der Waals surface area contributed by atoms with E-state index >= 15 is 0 Å². The first-order valence-electron chi connectivity index (χ1n) is 3.55. The maximum absolute atomic E-state index is 8.91. The maximum atomic E-state index is 8.91. The zero-order chi connectivity index (χ0) is 8.15. The number of allylic oxidation sites excluding steroid dienone is 2. The molecular weight excluding hydrogens is 124 g/mol. The molecule has 0 spiro atoms. The molecule has 0 rings (SSSR count). The molecule has 0 aromatic carbocycles. The molecule has 0 heterocycles. The summed E-state index contributed by atoms with van der Waals surface area (Å²) in [5.74, 6) is 0. The highest BCUT2D eigenvalue weighted by Gasteiger charge is 1.98. The Morgan fingerprint density at radius 1 is 1.50 bits per heavy atom. The van der Waals surface area contributed by atoms with Crippen molar-refractivity contribution in [3.8, 4) is 0 Å². The second-order valence-electron chi connectivity index (χ2n) is 2.77. The second kappa shape index (κ2) is 4.29. The predicted molar refractivity (Wildman–Crippen MR) is 44.9 cm³/mol. The van der Waals surface area contributed by atoms with Crippen molar-refractivity contribution in [3.63, 3.8) is 0 Å². The minimum Gasteiger partial charge on any atom is -0.393 e. The van der Waals surface area contributed by atoms with Gasteiger partial charge in [0, 0.05) is 0 Å². The van der Waals surface area contributed by atoms with Crippen molar-refractivity contribution in [2.45, 2.75) is 32.8 Å². The van der Waals surface area contributed by atoms with Gasteiger partial charge in [-0.1, -0.05) is 24.3 Å². The molecule has 1 atom stereocenters. The average Bonchev–Trinajstić information content (AvgIpc) is 1.82. The van der Waals surface area contributed by atoms with Crippen molar-refractivity contribution >= 4 is 0 Å². The molecular formula is C9H16O. The summed E-state index contributed by atoms with van der Waals surface area (Å²) >= 11 is 0. The molecule has 1 heteroatoms. The van der Waals surface area contributed by atoms with E-state index in [0.717, 1.165) is 24.0 Å². The van der Waals surface area contributed by atoms with Crippen molar-refractivity contribution in [1.29, 1.82) is 0 Å². The standard InChI is InChI=1S/C9H16O/c1-7(2)8(3)5-6-9(4)10/h9-10H,1,3,5-6H2,2,4H3. The molecule has 0 amide bonds. The number of rotatable bonds is 4. The van der Waals surface area contributed by atoms with E-state index in [9.17, 15) is 0 Å². The Labute approximate surface area is 63.1 Å². The van der Waals surface area contributed by atoms with Gasteiger partial charge in [-0.05, 0) is 26.7 Å². The monoisotopic (exact) mass is 140 g/mol. The van der Waals surface area contributed by atoms with Crippen LogP contribution in [0.1, 0.15) is 26.7 Å². The lowest BCUT2D eigenvalue weighted by Crippen LogP contribution is -1.99. The van der Waals surface area contributed by atoms with Gasteiger partial charge in [-0.2, -0.15) is 0 Å². The smallest absolute Gasteiger partial charge is 0.0515 e. The molecule has 0 aromatic heterocycles. The largest absolute Gasteiger partial charge is 0.393 e. The third-order valence-corrected chi connectivity index (χ3v) is 1.47. The number of aliphatic hydroxyl groups is 1. The Hall–Kier alpha value is -0.560. The first-order chi connectivity index (χ1) is 4.54. The van der Waals surface area contributed by atoms with Crippen LogP contribution in [0.25, 0.3) is 0 Å². The Bertz CT molecular complexity index is 134. The van der Waals surface area contributed by atoms with Crippen LogP contribution in [-0.2, 0) is 0 Å². The molecule has 0 bridgehead atoms. The van der Waals surface area contributed by atoms with Crippen LogP contribution in [0.3, 0.4) is 0 Å². The van der Waals surface area contributed by atoms with Gasteiger partial charge in [0.1, 0.15) is 0 Å². The van der Waals surface area contributed by atoms with Gasteiger partial charge in [0.05, 0.1) is 6.10 Å². The van der Waals surface area contributed by atoms with Crippen molar-refractivity contribution in [2.75, 3.05) is 0 Å². The van der Waals surface area contributed by atoms with Gasteiger partial charge < -0.3 is 5.11 Å². The summed E-state index contributed by atoms with van der Waals surface area (Å²) in [6, 6.07) is 0. The molecule has 0 fully saturated rings. The summed E-state index contributed by atoms with van der Waals surface area (Å²) in [4.78, 5) is 0. The van der Waals surface area contributed by atoms with Gasteiger partial charge in [-0.3, -0.25) is 0 Å². The van der Waals surface area contributed by atoms with Gasteiger partial charge in [0.25, 0.3) is 0 Å². The average molecular weight is 140 g/mol. The van der Waals surface area contributed by atoms with Gasteiger partial charge in [-0.15, -0.1) is 0 Å². The van der Waals surface area contributed by atoms with Crippen LogP contribution in [0.4, 0.5) is 0 Å². The van der Waals surface area contributed by atoms with E-state index < -0.39 is 0 Å². The van der Waals surface area contributed by atoms with Crippen molar-refractivity contribution in [3.05, 3.63) is 24.3 Å². The highest BCUT2D eigenvalue weighted by atomic mass is 16.3. The minimum absolute atomic E-state index is 0.226. The molecule has 1 nitrogen and oxygen atoms in total. The second-order valence-corrected chi connectivity index (χ2v) is 2.77. The topological polar surface area (TPSA) is 20.2 Å². The lowest BCUT2D eigenvalue weighted by Gasteiger charge is -2.05. The first-order valence-corrected chi connectivity index (χ1v) is 3.55. The lowest BCUT2D eigenvalue weighted by atomic mass is 10.0. The van der Waals surface area contributed by atoms with Crippen LogP contribution in [0.5, 0.6) is 0 Å². The third-order valence-electron chi connectivity index (χ3n) is 1.47. The van der Waals surface area contributed by atoms with Crippen LogP contribution in [0.2, 0.25) is 0 Å². The number of hydrogen-bond donors (Lipinski definition) is 1. The van der Waals surface area contributed by atoms with Crippen LogP contribution in [0.15, 0.2) is 24.3 Å². The van der Waals surface area contributed by atoms with E-state index in [-0.39, 0.29) is 6.10 Å². The summed E-state index contributed by atoms with van der Waals surface area (Å²) in [6.45, 7) is 11.3. The SMILES string of the molecule is C=C(C)C(=C)CCC(C)O. The maximum Gasteiger partial charge on any atom is 0.0515 e. The third kappa shape index (κ3) is 4.33. The minimum atomic E-state index is -0.226. The van der Waals surface area contributed by atoms with E-state index in [1.165, 1.54) is 0 Å². The first kappa shape index (κ1) is 9.44. The van der Waals surface area contributed by atoms with Gasteiger partial charge >= 0.3 is 0 Å². The quantitative estimate of drug-likeness (QED) is 0.594. The summed E-state index contributed by atoms with van der Waals surface area (Å²) in [5.41, 5.74) is 2.06. The zero-order valence-electron chi connectivity index (χ0n) is 6.85. The molecule has 58 valence electrons. The summed E-state index contributed by atoms with van der Waals surface area (Å²) in [5, 5.41) is 8.91. The fourth-order valence-electron chi connectivity index (χ4n) is 0.597. The fourth-order valence-corrected chi connectivity index (χ4v) is 0.597. The number of aliphatic hydroxyl groups excluding tert-OH is 1.